The Balaban J connectivity index is 1.88. The SMILES string of the molecule is Cl[Si](Cl)(Cl)C1C2CC3CC(C2)CC1C3. The summed E-state index contributed by atoms with van der Waals surface area (Å²) in [6, 6.07) is -2.44. The minimum absolute atomic E-state index is 0.486. The fraction of sp³-hybridized carbons (Fsp3) is 1.00. The molecule has 0 radical (unpaired) electrons. The molecule has 0 nitrogen and oxygen atoms in total. The molecule has 4 aliphatic carbocycles. The summed E-state index contributed by atoms with van der Waals surface area (Å²) in [5, 5.41) is 0. The molecule has 0 N–H and O–H groups in total. The highest BCUT2D eigenvalue weighted by molar-refractivity contribution is 7.65. The molecule has 0 aromatic heterocycles. The highest BCUT2D eigenvalue weighted by Gasteiger charge is 2.55. The van der Waals surface area contributed by atoms with Crippen molar-refractivity contribution in [2.45, 2.75) is 37.6 Å². The third-order valence-corrected chi connectivity index (χ3v) is 8.57. The molecule has 0 spiro atoms. The van der Waals surface area contributed by atoms with Crippen LogP contribution in [0.15, 0.2) is 0 Å². The molecule has 0 aromatic carbocycles. The van der Waals surface area contributed by atoms with Crippen LogP contribution in [-0.2, 0) is 0 Å². The lowest BCUT2D eigenvalue weighted by Gasteiger charge is -2.55. The largest absolute Gasteiger partial charge is 0.344 e. The minimum atomic E-state index is -2.44. The summed E-state index contributed by atoms with van der Waals surface area (Å²) in [4.78, 5) is 0. The summed E-state index contributed by atoms with van der Waals surface area (Å²) < 4.78 is 0. The Morgan fingerprint density at radius 3 is 1.50 bits per heavy atom. The molecule has 0 heterocycles. The number of hydrogen-bond acceptors (Lipinski definition) is 0. The summed E-state index contributed by atoms with van der Waals surface area (Å²) in [7, 11) is 0. The molecule has 4 aliphatic rings. The Morgan fingerprint density at radius 1 is 0.714 bits per heavy atom. The van der Waals surface area contributed by atoms with Crippen LogP contribution in [0.3, 0.4) is 0 Å². The minimum Gasteiger partial charge on any atom is -0.126 e. The monoisotopic (exact) mass is 268 g/mol. The Hall–Kier alpha value is 1.09. The van der Waals surface area contributed by atoms with Crippen molar-refractivity contribution in [3.8, 4) is 0 Å². The lowest BCUT2D eigenvalue weighted by molar-refractivity contribution is 0.0197. The second kappa shape index (κ2) is 3.29. The van der Waals surface area contributed by atoms with Gasteiger partial charge in [-0.25, -0.2) is 0 Å². The van der Waals surface area contributed by atoms with Crippen molar-refractivity contribution in [3.63, 3.8) is 0 Å². The van der Waals surface area contributed by atoms with Crippen LogP contribution in [0.2, 0.25) is 5.54 Å². The lowest BCUT2D eigenvalue weighted by Crippen LogP contribution is -2.47. The third kappa shape index (κ3) is 1.55. The summed E-state index contributed by atoms with van der Waals surface area (Å²) in [6.45, 7) is 0. The predicted molar refractivity (Wildman–Crippen MR) is 64.1 cm³/mol. The van der Waals surface area contributed by atoms with Crippen molar-refractivity contribution in [2.75, 3.05) is 0 Å². The van der Waals surface area contributed by atoms with Crippen LogP contribution in [0.5, 0.6) is 0 Å². The van der Waals surface area contributed by atoms with E-state index in [1.165, 1.54) is 32.1 Å². The van der Waals surface area contributed by atoms with Gasteiger partial charge in [-0.3, -0.25) is 0 Å². The molecular formula is C10H15Cl3Si. The van der Waals surface area contributed by atoms with Crippen LogP contribution in [0.4, 0.5) is 0 Å². The van der Waals surface area contributed by atoms with Gasteiger partial charge in [0.25, 0.3) is 0 Å². The van der Waals surface area contributed by atoms with Gasteiger partial charge < -0.3 is 0 Å². The Labute approximate surface area is 100 Å². The summed E-state index contributed by atoms with van der Waals surface area (Å²) in [5.41, 5.74) is 0.486. The van der Waals surface area contributed by atoms with Crippen molar-refractivity contribution in [1.29, 1.82) is 0 Å². The molecule has 0 saturated heterocycles. The van der Waals surface area contributed by atoms with E-state index in [2.05, 4.69) is 0 Å². The van der Waals surface area contributed by atoms with Gasteiger partial charge >= 0.3 is 6.00 Å². The van der Waals surface area contributed by atoms with E-state index in [9.17, 15) is 0 Å². The zero-order chi connectivity index (χ0) is 9.92. The highest BCUT2D eigenvalue weighted by atomic mass is 35.8. The van der Waals surface area contributed by atoms with Gasteiger partial charge in [0.05, 0.1) is 0 Å². The van der Waals surface area contributed by atoms with Gasteiger partial charge in [0.2, 0.25) is 0 Å². The van der Waals surface area contributed by atoms with Gasteiger partial charge in [-0.15, -0.1) is 33.2 Å². The van der Waals surface area contributed by atoms with E-state index in [-0.39, 0.29) is 0 Å². The summed E-state index contributed by atoms with van der Waals surface area (Å²) in [6.07, 6.45) is 6.91. The van der Waals surface area contributed by atoms with Crippen molar-refractivity contribution < 1.29 is 0 Å². The first kappa shape index (κ1) is 10.3. The third-order valence-electron chi connectivity index (χ3n) is 4.60. The van der Waals surface area contributed by atoms with Crippen molar-refractivity contribution in [2.24, 2.45) is 23.7 Å². The molecular weight excluding hydrogens is 255 g/mol. The molecule has 0 atom stereocenters. The first-order valence-electron chi connectivity index (χ1n) is 5.60. The van der Waals surface area contributed by atoms with Crippen LogP contribution >= 0.6 is 33.2 Å². The number of hydrogen-bond donors (Lipinski definition) is 0. The maximum absolute atomic E-state index is 6.25. The fourth-order valence-electron chi connectivity index (χ4n) is 4.46. The topological polar surface area (TPSA) is 0 Å². The molecule has 4 heteroatoms. The van der Waals surface area contributed by atoms with Gasteiger partial charge in [-0.05, 0) is 55.8 Å². The molecule has 0 amide bonds. The zero-order valence-corrected chi connectivity index (χ0v) is 11.3. The van der Waals surface area contributed by atoms with Crippen LogP contribution in [0.25, 0.3) is 0 Å². The molecule has 4 saturated carbocycles. The average Bonchev–Trinajstić information content (AvgIpc) is 1.97. The lowest BCUT2D eigenvalue weighted by atomic mass is 9.56. The second-order valence-corrected chi connectivity index (χ2v) is 14.4. The highest BCUT2D eigenvalue weighted by Crippen LogP contribution is 2.63. The van der Waals surface area contributed by atoms with Gasteiger partial charge in [0, 0.05) is 5.54 Å². The van der Waals surface area contributed by atoms with Crippen LogP contribution in [0.1, 0.15) is 32.1 Å². The molecule has 80 valence electrons. The molecule has 4 bridgehead atoms. The van der Waals surface area contributed by atoms with E-state index in [4.69, 9.17) is 33.2 Å². The molecule has 14 heavy (non-hydrogen) atoms. The molecule has 4 rings (SSSR count). The normalized spacial score (nSPS) is 51.2. The smallest absolute Gasteiger partial charge is 0.126 e. The van der Waals surface area contributed by atoms with Gasteiger partial charge in [-0.1, -0.05) is 0 Å². The fourth-order valence-corrected chi connectivity index (χ4v) is 9.28. The summed E-state index contributed by atoms with van der Waals surface area (Å²) in [5.74, 6) is 3.50. The van der Waals surface area contributed by atoms with Gasteiger partial charge in [0.15, 0.2) is 0 Å². The average molecular weight is 270 g/mol. The first-order valence-corrected chi connectivity index (χ1v) is 10.7. The van der Waals surface area contributed by atoms with Crippen molar-refractivity contribution >= 4 is 39.2 Å². The van der Waals surface area contributed by atoms with Crippen molar-refractivity contribution in [1.82, 2.24) is 0 Å². The Morgan fingerprint density at radius 2 is 1.14 bits per heavy atom. The molecule has 4 fully saturated rings. The van der Waals surface area contributed by atoms with Crippen LogP contribution in [-0.4, -0.2) is 6.00 Å². The Bertz CT molecular complexity index is 220. The van der Waals surface area contributed by atoms with Crippen molar-refractivity contribution in [3.05, 3.63) is 0 Å². The van der Waals surface area contributed by atoms with E-state index >= 15 is 0 Å². The maximum Gasteiger partial charge on any atom is 0.344 e. The summed E-state index contributed by atoms with van der Waals surface area (Å²) >= 11 is 18.7. The van der Waals surface area contributed by atoms with E-state index in [0.717, 1.165) is 23.7 Å². The van der Waals surface area contributed by atoms with E-state index in [1.807, 2.05) is 0 Å². The predicted octanol–water partition coefficient (Wildman–Crippen LogP) is 4.47. The van der Waals surface area contributed by atoms with E-state index in [1.54, 1.807) is 0 Å². The molecule has 0 aliphatic heterocycles. The molecule has 0 unspecified atom stereocenters. The number of halogens is 3. The zero-order valence-electron chi connectivity index (χ0n) is 8.06. The number of rotatable bonds is 1. The van der Waals surface area contributed by atoms with Gasteiger partial charge in [-0.2, -0.15) is 0 Å². The van der Waals surface area contributed by atoms with Crippen LogP contribution in [0, 0.1) is 23.7 Å². The Kier molecular flexibility index (Phi) is 2.41. The second-order valence-electron chi connectivity index (χ2n) is 5.50. The van der Waals surface area contributed by atoms with E-state index < -0.39 is 6.00 Å². The quantitative estimate of drug-likeness (QED) is 0.487. The van der Waals surface area contributed by atoms with Crippen LogP contribution < -0.4 is 0 Å². The van der Waals surface area contributed by atoms with Gasteiger partial charge in [0.1, 0.15) is 0 Å². The maximum atomic E-state index is 6.25. The van der Waals surface area contributed by atoms with E-state index in [0.29, 0.717) is 5.54 Å². The molecule has 0 aromatic rings. The standard InChI is InChI=1S/C10H15Cl3Si/c11-14(12,13)10-8-2-6-1-7(4-8)5-9(10)3-6/h6-10H,1-5H2. The first-order chi connectivity index (χ1) is 6.54.